The Kier molecular flexibility index (Phi) is 4.00. The smallest absolute Gasteiger partial charge is 0.231 e. The number of carboxylic acids is 1. The summed E-state index contributed by atoms with van der Waals surface area (Å²) in [5, 5.41) is 11.6. The van der Waals surface area contributed by atoms with Crippen LogP contribution in [0.1, 0.15) is 39.2 Å². The topological polar surface area (TPSA) is 60.4 Å². The molecule has 1 aliphatic heterocycles. The molecular weight excluding hydrogens is 290 g/mol. The molecule has 0 unspecified atom stereocenters. The molecule has 1 aliphatic carbocycles. The number of allylic oxidation sites excluding steroid dienone is 2. The zero-order valence-corrected chi connectivity index (χ0v) is 13.8. The van der Waals surface area contributed by atoms with Crippen LogP contribution in [0.2, 0.25) is 0 Å². The van der Waals surface area contributed by atoms with Crippen LogP contribution < -0.4 is 10.0 Å². The van der Waals surface area contributed by atoms with Gasteiger partial charge in [0.2, 0.25) is 5.91 Å². The van der Waals surface area contributed by atoms with E-state index in [0.717, 1.165) is 28.8 Å². The van der Waals surface area contributed by atoms with E-state index in [1.807, 2.05) is 45.0 Å². The summed E-state index contributed by atoms with van der Waals surface area (Å²) in [7, 11) is 0. The van der Waals surface area contributed by atoms with Crippen LogP contribution in [0.3, 0.4) is 0 Å². The largest absolute Gasteiger partial charge is 0.550 e. The predicted octanol–water partition coefficient (Wildman–Crippen LogP) is 2.08. The van der Waals surface area contributed by atoms with Gasteiger partial charge < -0.3 is 14.8 Å². The van der Waals surface area contributed by atoms with Gasteiger partial charge in [-0.25, -0.2) is 0 Å². The summed E-state index contributed by atoms with van der Waals surface area (Å²) in [5.41, 5.74) is 4.27. The number of fused-ring (bicyclic) bond motifs is 1. The molecule has 0 N–H and O–H groups in total. The fourth-order valence-electron chi connectivity index (χ4n) is 3.88. The molecule has 3 rings (SSSR count). The zero-order valence-electron chi connectivity index (χ0n) is 13.8. The number of hydrogen-bond donors (Lipinski definition) is 0. The van der Waals surface area contributed by atoms with Gasteiger partial charge in [-0.2, -0.15) is 0 Å². The van der Waals surface area contributed by atoms with E-state index in [-0.39, 0.29) is 11.9 Å². The van der Waals surface area contributed by atoms with Crippen molar-refractivity contribution in [2.24, 2.45) is 11.8 Å². The van der Waals surface area contributed by atoms with Crippen molar-refractivity contribution in [3.05, 3.63) is 41.0 Å². The van der Waals surface area contributed by atoms with Gasteiger partial charge in [-0.3, -0.25) is 4.79 Å². The van der Waals surface area contributed by atoms with E-state index in [4.69, 9.17) is 0 Å². The van der Waals surface area contributed by atoms with Crippen LogP contribution in [0.15, 0.2) is 35.4 Å². The van der Waals surface area contributed by atoms with Gasteiger partial charge in [-0.1, -0.05) is 29.3 Å². The van der Waals surface area contributed by atoms with E-state index in [2.05, 4.69) is 0 Å². The molecular formula is C19H22NO3-. The van der Waals surface area contributed by atoms with Gasteiger partial charge in [0.05, 0.1) is 5.92 Å². The Labute approximate surface area is 136 Å². The van der Waals surface area contributed by atoms with Crippen LogP contribution in [-0.4, -0.2) is 17.9 Å². The minimum atomic E-state index is -1.12. The third-order valence-corrected chi connectivity index (χ3v) is 5.33. The highest BCUT2D eigenvalue weighted by Crippen LogP contribution is 2.39. The maximum absolute atomic E-state index is 13.2. The average Bonchev–Trinajstić information content (AvgIpc) is 2.84. The first-order valence-corrected chi connectivity index (χ1v) is 8.17. The first-order chi connectivity index (χ1) is 10.9. The minimum Gasteiger partial charge on any atom is -0.550 e. The molecule has 0 aromatic heterocycles. The lowest BCUT2D eigenvalue weighted by Crippen LogP contribution is -2.48. The number of carboxylic acid groups (broad SMARTS) is 1. The van der Waals surface area contributed by atoms with E-state index in [1.54, 1.807) is 4.90 Å². The number of benzene rings is 1. The third-order valence-electron chi connectivity index (χ3n) is 5.33. The lowest BCUT2D eigenvalue weighted by atomic mass is 9.75. The van der Waals surface area contributed by atoms with Crippen molar-refractivity contribution < 1.29 is 14.7 Å². The van der Waals surface area contributed by atoms with Crippen LogP contribution in [0.25, 0.3) is 0 Å². The van der Waals surface area contributed by atoms with Gasteiger partial charge in [-0.15, -0.1) is 0 Å². The van der Waals surface area contributed by atoms with Crippen LogP contribution in [-0.2, 0) is 16.0 Å². The summed E-state index contributed by atoms with van der Waals surface area (Å²) in [6, 6.07) is 7.94. The Balaban J connectivity index is 1.94. The lowest BCUT2D eigenvalue weighted by Gasteiger charge is -2.36. The van der Waals surface area contributed by atoms with Crippen molar-refractivity contribution in [3.63, 3.8) is 0 Å². The van der Waals surface area contributed by atoms with Crippen molar-refractivity contribution in [1.82, 2.24) is 0 Å². The number of amides is 1. The number of aliphatic carboxylic acids is 1. The van der Waals surface area contributed by atoms with E-state index in [9.17, 15) is 14.7 Å². The second-order valence-electron chi connectivity index (χ2n) is 6.89. The van der Waals surface area contributed by atoms with Crippen molar-refractivity contribution in [2.45, 2.75) is 46.1 Å². The molecule has 23 heavy (non-hydrogen) atoms. The highest BCUT2D eigenvalue weighted by Gasteiger charge is 2.40. The molecule has 1 amide bonds. The molecule has 2 aliphatic rings. The molecule has 4 nitrogen and oxygen atoms in total. The summed E-state index contributed by atoms with van der Waals surface area (Å²) in [6.45, 7) is 5.95. The van der Waals surface area contributed by atoms with Gasteiger partial charge >= 0.3 is 0 Å². The zero-order chi connectivity index (χ0) is 16.7. The number of carbonyl (C=O) groups is 2. The minimum absolute atomic E-state index is 0.0645. The quantitative estimate of drug-likeness (QED) is 0.786. The Morgan fingerprint density at radius 3 is 2.30 bits per heavy atom. The van der Waals surface area contributed by atoms with Gasteiger partial charge in [0.1, 0.15) is 0 Å². The number of anilines is 1. The van der Waals surface area contributed by atoms with Crippen LogP contribution in [0, 0.1) is 11.8 Å². The Bertz CT molecular complexity index is 692. The number of hydrogen-bond acceptors (Lipinski definition) is 3. The number of para-hydroxylation sites is 1. The fourth-order valence-corrected chi connectivity index (χ4v) is 3.88. The predicted molar refractivity (Wildman–Crippen MR) is 86.7 cm³/mol. The molecule has 1 aromatic carbocycles. The number of nitrogens with zero attached hydrogens (tertiary/aromatic N) is 1. The maximum Gasteiger partial charge on any atom is 0.231 e. The van der Waals surface area contributed by atoms with Gasteiger partial charge in [-0.05, 0) is 51.7 Å². The van der Waals surface area contributed by atoms with Crippen molar-refractivity contribution in [1.29, 1.82) is 0 Å². The normalized spacial score (nSPS) is 27.1. The van der Waals surface area contributed by atoms with E-state index in [0.29, 0.717) is 12.8 Å². The van der Waals surface area contributed by atoms with Crippen LogP contribution >= 0.6 is 0 Å². The van der Waals surface area contributed by atoms with E-state index >= 15 is 0 Å². The van der Waals surface area contributed by atoms with Gasteiger partial charge in [0.25, 0.3) is 0 Å². The molecule has 0 saturated carbocycles. The fraction of sp³-hybridized carbons (Fsp3) is 0.474. The summed E-state index contributed by atoms with van der Waals surface area (Å²) in [4.78, 5) is 26.5. The molecule has 0 saturated heterocycles. The summed E-state index contributed by atoms with van der Waals surface area (Å²) >= 11 is 0. The Hall–Kier alpha value is -2.10. The van der Waals surface area contributed by atoms with Crippen molar-refractivity contribution >= 4 is 17.6 Å². The van der Waals surface area contributed by atoms with Crippen molar-refractivity contribution in [2.75, 3.05) is 4.90 Å². The van der Waals surface area contributed by atoms with E-state index < -0.39 is 17.8 Å². The third kappa shape index (κ3) is 2.67. The second kappa shape index (κ2) is 5.84. The lowest BCUT2D eigenvalue weighted by molar-refractivity contribution is -0.313. The number of carbonyl (C=O) groups excluding carboxylic acids is 2. The summed E-state index contributed by atoms with van der Waals surface area (Å²) < 4.78 is 0. The van der Waals surface area contributed by atoms with Crippen molar-refractivity contribution in [3.8, 4) is 0 Å². The standard InChI is InChI=1S/C19H23NO3/c1-11-8-15(16(19(22)23)9-12(11)2)18(21)20-13(3)10-14-6-4-5-7-17(14)20/h4-7,13,15-16H,8-10H2,1-3H3,(H,22,23)/p-1/t13-,15+,16+/m1/s1. The highest BCUT2D eigenvalue weighted by atomic mass is 16.4. The van der Waals surface area contributed by atoms with Gasteiger partial charge in [0.15, 0.2) is 0 Å². The average molecular weight is 312 g/mol. The number of rotatable bonds is 2. The first-order valence-electron chi connectivity index (χ1n) is 8.17. The highest BCUT2D eigenvalue weighted by molar-refractivity contribution is 5.99. The molecule has 0 fully saturated rings. The molecule has 3 atom stereocenters. The first kappa shape index (κ1) is 15.8. The maximum atomic E-state index is 13.2. The molecule has 122 valence electrons. The summed E-state index contributed by atoms with van der Waals surface area (Å²) in [5.74, 6) is -2.46. The second-order valence-corrected chi connectivity index (χ2v) is 6.89. The molecule has 0 spiro atoms. The Morgan fingerprint density at radius 1 is 1.04 bits per heavy atom. The molecule has 1 heterocycles. The molecule has 0 bridgehead atoms. The summed E-state index contributed by atoms with van der Waals surface area (Å²) in [6.07, 6.45) is 1.74. The monoisotopic (exact) mass is 312 g/mol. The van der Waals surface area contributed by atoms with E-state index in [1.165, 1.54) is 0 Å². The van der Waals surface area contributed by atoms with Gasteiger partial charge in [0, 0.05) is 23.6 Å². The molecule has 4 heteroatoms. The molecule has 1 aromatic rings. The van der Waals surface area contributed by atoms with Crippen LogP contribution in [0.4, 0.5) is 5.69 Å². The van der Waals surface area contributed by atoms with Crippen LogP contribution in [0.5, 0.6) is 0 Å². The molecule has 0 radical (unpaired) electrons. The Morgan fingerprint density at radius 2 is 1.65 bits per heavy atom. The SMILES string of the molecule is CC1=C(C)C[C@H](C(=O)N2c3ccccc3C[C@H]2C)[C@@H](C(=O)[O-])C1.